The standard InChI is InChI=1S/C42H52N6O4/c1-9-13-17-43-37(49)16-15-29-25(7)33-20-31-23(5)27(11-3)35(45-31)21-32-24(6)28(12-4)36(46-32)22-34-26(8)39(42(51)52)41(48-34)30(40(29)47-33)19-38(50)44-18-14-10-2/h11,15,20-22,25,45-46H,3,9-10,12-14,16-19H2,1-2,4-8H3,(H,43,49)(H,44,50)(H,51,52)/b29-15+,31-20?,32-21?,33-20?,34-22?,35-21?,36-22?,40-30?,41-30?/t25-/m0/s1. The molecule has 0 aliphatic carbocycles. The number of aromatic nitrogens is 4. The number of fused-ring (bicyclic) bond motifs is 8. The molecule has 2 aliphatic rings. The molecule has 0 saturated carbocycles. The average molecular weight is 705 g/mol. The van der Waals surface area contributed by atoms with E-state index in [1.54, 1.807) is 6.92 Å². The lowest BCUT2D eigenvalue weighted by molar-refractivity contribution is -0.130. The van der Waals surface area contributed by atoms with Crippen LogP contribution >= 0.6 is 0 Å². The number of H-pyrrole nitrogens is 2. The van der Waals surface area contributed by atoms with Crippen molar-refractivity contribution >= 4 is 62.6 Å². The molecule has 2 aliphatic heterocycles. The minimum absolute atomic E-state index is 0.0320. The van der Waals surface area contributed by atoms with Crippen LogP contribution in [-0.4, -0.2) is 55.9 Å². The molecule has 0 radical (unpaired) electrons. The number of carboxylic acids is 1. The normalized spacial score (nSPS) is 14.9. The summed E-state index contributed by atoms with van der Waals surface area (Å²) in [6.45, 7) is 19.3. The van der Waals surface area contributed by atoms with E-state index in [-0.39, 0.29) is 41.8 Å². The number of aliphatic carboxylic acids is 1. The van der Waals surface area contributed by atoms with Gasteiger partial charge in [0.1, 0.15) is 0 Å². The van der Waals surface area contributed by atoms with Crippen LogP contribution in [-0.2, 0) is 27.2 Å². The Balaban J connectivity index is 1.93. The van der Waals surface area contributed by atoms with Crippen molar-refractivity contribution in [1.82, 2.24) is 30.6 Å². The number of carbonyl (C=O) groups is 3. The van der Waals surface area contributed by atoms with Crippen LogP contribution < -0.4 is 10.6 Å². The number of unbranched alkanes of at least 4 members (excludes halogenated alkanes) is 2. The van der Waals surface area contributed by atoms with Gasteiger partial charge in [-0.1, -0.05) is 59.3 Å². The van der Waals surface area contributed by atoms with Gasteiger partial charge in [-0.2, -0.15) is 0 Å². The summed E-state index contributed by atoms with van der Waals surface area (Å²) in [6, 6.07) is 5.99. The zero-order valence-electron chi connectivity index (χ0n) is 31.6. The molecular formula is C42H52N6O4. The minimum Gasteiger partial charge on any atom is -0.478 e. The van der Waals surface area contributed by atoms with Crippen molar-refractivity contribution in [1.29, 1.82) is 0 Å². The number of nitrogens with zero attached hydrogens (tertiary/aromatic N) is 2. The quantitative estimate of drug-likeness (QED) is 0.113. The number of carboxylic acid groups (broad SMARTS) is 1. The van der Waals surface area contributed by atoms with Crippen molar-refractivity contribution < 1.29 is 19.5 Å². The Bertz CT molecular complexity index is 2150. The number of nitrogens with one attached hydrogen (secondary N) is 4. The summed E-state index contributed by atoms with van der Waals surface area (Å²) in [6.07, 6.45) is 8.03. The fraction of sp³-hybridized carbons (Fsp3) is 0.405. The van der Waals surface area contributed by atoms with E-state index in [0.29, 0.717) is 41.3 Å². The Morgan fingerprint density at radius 1 is 0.846 bits per heavy atom. The minimum atomic E-state index is -1.14. The molecule has 3 aromatic rings. The van der Waals surface area contributed by atoms with Gasteiger partial charge in [0.05, 0.1) is 34.8 Å². The predicted molar refractivity (Wildman–Crippen MR) is 211 cm³/mol. The Morgan fingerprint density at radius 3 is 2.13 bits per heavy atom. The SMILES string of the molecule is C=Cc1c(C)c2cc3nc(c(CC(=O)NCCCC)c4nc(cc5[nH]c(cc1[nH]2)c(C)c5CC)C(C)=C4C(=O)O)/C(=C/CC(=O)NCCCC)[C@@H]3C. The van der Waals surface area contributed by atoms with E-state index in [0.717, 1.165) is 82.0 Å². The summed E-state index contributed by atoms with van der Waals surface area (Å²) >= 11 is 0. The molecule has 0 saturated heterocycles. The maximum atomic E-state index is 13.6. The van der Waals surface area contributed by atoms with E-state index in [9.17, 15) is 19.5 Å². The number of hydrogen-bond donors (Lipinski definition) is 5. The van der Waals surface area contributed by atoms with Crippen LogP contribution in [0.3, 0.4) is 0 Å². The van der Waals surface area contributed by atoms with Gasteiger partial charge in [0.15, 0.2) is 0 Å². The summed E-state index contributed by atoms with van der Waals surface area (Å²) in [5.41, 5.74) is 11.3. The molecule has 0 spiro atoms. The Morgan fingerprint density at radius 2 is 1.50 bits per heavy atom. The van der Waals surface area contributed by atoms with Crippen molar-refractivity contribution in [3.05, 3.63) is 81.4 Å². The second kappa shape index (κ2) is 16.4. The zero-order chi connectivity index (χ0) is 37.7. The molecule has 5 N–H and O–H groups in total. The number of aryl methyl sites for hydroxylation is 3. The maximum absolute atomic E-state index is 13.6. The smallest absolute Gasteiger partial charge is 0.338 e. The van der Waals surface area contributed by atoms with Crippen LogP contribution in [0.1, 0.15) is 123 Å². The highest BCUT2D eigenvalue weighted by molar-refractivity contribution is 6.24. The first-order chi connectivity index (χ1) is 24.9. The van der Waals surface area contributed by atoms with Crippen LogP contribution in [0.5, 0.6) is 0 Å². The lowest BCUT2D eigenvalue weighted by atomic mass is 9.91. The Labute approximate surface area is 306 Å². The first kappa shape index (κ1) is 38.0. The highest BCUT2D eigenvalue weighted by Gasteiger charge is 2.32. The van der Waals surface area contributed by atoms with E-state index in [2.05, 4.69) is 60.9 Å². The molecule has 8 bridgehead atoms. The molecular weight excluding hydrogens is 652 g/mol. The average Bonchev–Trinajstić information content (AvgIpc) is 3.79. The van der Waals surface area contributed by atoms with Crippen molar-refractivity contribution in [3.8, 4) is 0 Å². The van der Waals surface area contributed by atoms with Crippen LogP contribution in [0, 0.1) is 13.8 Å². The van der Waals surface area contributed by atoms with E-state index in [1.807, 2.05) is 38.1 Å². The van der Waals surface area contributed by atoms with Gasteiger partial charge in [-0.25, -0.2) is 9.78 Å². The molecule has 52 heavy (non-hydrogen) atoms. The van der Waals surface area contributed by atoms with Gasteiger partial charge in [0, 0.05) is 58.6 Å². The first-order valence-electron chi connectivity index (χ1n) is 18.5. The van der Waals surface area contributed by atoms with E-state index >= 15 is 0 Å². The molecule has 5 rings (SSSR count). The Kier molecular flexibility index (Phi) is 12.0. The third-order valence-corrected chi connectivity index (χ3v) is 10.2. The van der Waals surface area contributed by atoms with Crippen LogP contribution in [0.15, 0.2) is 30.9 Å². The lowest BCUT2D eigenvalue weighted by Crippen LogP contribution is -2.27. The van der Waals surface area contributed by atoms with Gasteiger partial charge in [0.2, 0.25) is 11.8 Å². The molecule has 3 aromatic heterocycles. The predicted octanol–water partition coefficient (Wildman–Crippen LogP) is 8.10. The van der Waals surface area contributed by atoms with Crippen LogP contribution in [0.4, 0.5) is 0 Å². The molecule has 0 fully saturated rings. The maximum Gasteiger partial charge on any atom is 0.338 e. The van der Waals surface area contributed by atoms with Gasteiger partial charge >= 0.3 is 5.97 Å². The van der Waals surface area contributed by atoms with Gasteiger partial charge in [-0.15, -0.1) is 0 Å². The van der Waals surface area contributed by atoms with Gasteiger partial charge in [-0.3, -0.25) is 14.6 Å². The van der Waals surface area contributed by atoms with Crippen LogP contribution in [0.25, 0.3) is 44.9 Å². The van der Waals surface area contributed by atoms with E-state index in [4.69, 9.17) is 9.97 Å². The summed E-state index contributed by atoms with van der Waals surface area (Å²) in [5, 5.41) is 16.7. The number of rotatable bonds is 13. The molecule has 274 valence electrons. The summed E-state index contributed by atoms with van der Waals surface area (Å²) in [4.78, 5) is 57.0. The summed E-state index contributed by atoms with van der Waals surface area (Å²) in [5.74, 6) is -1.78. The van der Waals surface area contributed by atoms with Gasteiger partial charge in [0.25, 0.3) is 0 Å². The molecule has 10 nitrogen and oxygen atoms in total. The topological polar surface area (TPSA) is 153 Å². The second-order valence-electron chi connectivity index (χ2n) is 13.7. The van der Waals surface area contributed by atoms with Crippen molar-refractivity contribution in [2.45, 2.75) is 99.3 Å². The first-order valence-corrected chi connectivity index (χ1v) is 18.5. The monoisotopic (exact) mass is 704 g/mol. The second-order valence-corrected chi connectivity index (χ2v) is 13.7. The van der Waals surface area contributed by atoms with Crippen molar-refractivity contribution in [3.63, 3.8) is 0 Å². The fourth-order valence-corrected chi connectivity index (χ4v) is 7.11. The highest BCUT2D eigenvalue weighted by Crippen LogP contribution is 2.41. The number of hydrogen-bond acceptors (Lipinski definition) is 5. The molecule has 5 heterocycles. The summed E-state index contributed by atoms with van der Waals surface area (Å²) in [7, 11) is 0. The van der Waals surface area contributed by atoms with Crippen molar-refractivity contribution in [2.75, 3.05) is 13.1 Å². The summed E-state index contributed by atoms with van der Waals surface area (Å²) < 4.78 is 0. The molecule has 10 heteroatoms. The third-order valence-electron chi connectivity index (χ3n) is 10.2. The van der Waals surface area contributed by atoms with E-state index in [1.165, 1.54) is 0 Å². The lowest BCUT2D eigenvalue weighted by Gasteiger charge is -2.12. The number of aromatic amines is 2. The van der Waals surface area contributed by atoms with Gasteiger partial charge < -0.3 is 25.7 Å². The molecule has 1 atom stereocenters. The van der Waals surface area contributed by atoms with Crippen LogP contribution in [0.2, 0.25) is 0 Å². The molecule has 0 aromatic carbocycles. The highest BCUT2D eigenvalue weighted by atomic mass is 16.4. The number of carbonyl (C=O) groups excluding carboxylic acids is 2. The fourth-order valence-electron chi connectivity index (χ4n) is 7.11. The molecule has 2 amide bonds. The van der Waals surface area contributed by atoms with Crippen molar-refractivity contribution in [2.24, 2.45) is 0 Å². The Hall–Kier alpha value is -5.25. The zero-order valence-corrected chi connectivity index (χ0v) is 31.6. The number of amides is 2. The number of allylic oxidation sites excluding steroid dienone is 2. The third kappa shape index (κ3) is 7.66. The largest absolute Gasteiger partial charge is 0.478 e. The van der Waals surface area contributed by atoms with Gasteiger partial charge in [-0.05, 0) is 86.1 Å². The molecule has 0 unspecified atom stereocenters. The van der Waals surface area contributed by atoms with E-state index < -0.39 is 5.97 Å².